The number of rotatable bonds is 1. The Hall–Kier alpha value is -1.97. The molecule has 2 rings (SSSR count). The number of carbonyl (C=O) groups is 1. The van der Waals surface area contributed by atoms with Gasteiger partial charge in [-0.15, -0.1) is 0 Å². The maximum atomic E-state index is 11.0. The summed E-state index contributed by atoms with van der Waals surface area (Å²) in [5.74, 6) is 0.469. The molecule has 1 N–H and O–H groups in total. The number of amides is 1. The van der Waals surface area contributed by atoms with Crippen molar-refractivity contribution in [1.82, 2.24) is 5.32 Å². The molecule has 0 fully saturated rings. The fraction of sp³-hybridized carbons (Fsp3) is 0.182. The molecule has 4 nitrogen and oxygen atoms in total. The lowest BCUT2D eigenvalue weighted by Gasteiger charge is -2.02. The van der Waals surface area contributed by atoms with Crippen molar-refractivity contribution >= 4 is 17.1 Å². The second-order valence-electron chi connectivity index (χ2n) is 3.22. The number of furan rings is 1. The Kier molecular flexibility index (Phi) is 2.33. The van der Waals surface area contributed by atoms with Crippen LogP contribution in [-0.4, -0.2) is 13.1 Å². The molecular formula is C11H11NO3. The standard InChI is InChI=1S/C11H11NO3/c1-7-6-14-10-5-8(3-4-9(7)10)15-11(13)12-2/h3-6H,1-2H3,(H,12,13). The number of carbonyl (C=O) groups excluding carboxylic acids is 1. The van der Waals surface area contributed by atoms with E-state index in [1.165, 1.54) is 7.05 Å². The third-order valence-corrected chi connectivity index (χ3v) is 2.16. The van der Waals surface area contributed by atoms with Gasteiger partial charge < -0.3 is 14.5 Å². The maximum absolute atomic E-state index is 11.0. The van der Waals surface area contributed by atoms with Crippen molar-refractivity contribution < 1.29 is 13.9 Å². The highest BCUT2D eigenvalue weighted by molar-refractivity contribution is 5.83. The molecular weight excluding hydrogens is 194 g/mol. The lowest BCUT2D eigenvalue weighted by atomic mass is 10.2. The summed E-state index contributed by atoms with van der Waals surface area (Å²) < 4.78 is 10.3. The first-order valence-corrected chi connectivity index (χ1v) is 4.58. The molecule has 0 bridgehead atoms. The second-order valence-corrected chi connectivity index (χ2v) is 3.22. The minimum atomic E-state index is -0.488. The smallest absolute Gasteiger partial charge is 0.412 e. The highest BCUT2D eigenvalue weighted by Crippen LogP contribution is 2.24. The predicted octanol–water partition coefficient (Wildman–Crippen LogP) is 2.46. The SMILES string of the molecule is CNC(=O)Oc1ccc2c(C)coc2c1. The van der Waals surface area contributed by atoms with Gasteiger partial charge in [0.25, 0.3) is 0 Å². The summed E-state index contributed by atoms with van der Waals surface area (Å²) in [6.07, 6.45) is 1.19. The molecule has 15 heavy (non-hydrogen) atoms. The number of ether oxygens (including phenoxy) is 1. The van der Waals surface area contributed by atoms with E-state index in [-0.39, 0.29) is 0 Å². The molecule has 1 amide bonds. The average molecular weight is 205 g/mol. The zero-order chi connectivity index (χ0) is 10.8. The normalized spacial score (nSPS) is 10.3. The molecule has 1 heterocycles. The van der Waals surface area contributed by atoms with Crippen molar-refractivity contribution in [3.8, 4) is 5.75 Å². The van der Waals surface area contributed by atoms with Gasteiger partial charge in [-0.2, -0.15) is 0 Å². The van der Waals surface area contributed by atoms with Crippen LogP contribution >= 0.6 is 0 Å². The van der Waals surface area contributed by atoms with Gasteiger partial charge in [-0.3, -0.25) is 0 Å². The van der Waals surface area contributed by atoms with Gasteiger partial charge in [0.2, 0.25) is 0 Å². The van der Waals surface area contributed by atoms with Gasteiger partial charge in [-0.1, -0.05) is 0 Å². The molecule has 0 unspecified atom stereocenters. The summed E-state index contributed by atoms with van der Waals surface area (Å²) in [6.45, 7) is 1.96. The lowest BCUT2D eigenvalue weighted by molar-refractivity contribution is 0.203. The van der Waals surface area contributed by atoms with Gasteiger partial charge in [0.1, 0.15) is 11.3 Å². The van der Waals surface area contributed by atoms with Crippen molar-refractivity contribution in [2.45, 2.75) is 6.92 Å². The van der Waals surface area contributed by atoms with Crippen LogP contribution in [0.3, 0.4) is 0 Å². The third-order valence-electron chi connectivity index (χ3n) is 2.16. The van der Waals surface area contributed by atoms with E-state index < -0.39 is 6.09 Å². The fourth-order valence-electron chi connectivity index (χ4n) is 1.36. The Balaban J connectivity index is 2.35. The highest BCUT2D eigenvalue weighted by atomic mass is 16.6. The van der Waals surface area contributed by atoms with Gasteiger partial charge in [0, 0.05) is 18.5 Å². The van der Waals surface area contributed by atoms with E-state index in [9.17, 15) is 4.79 Å². The lowest BCUT2D eigenvalue weighted by Crippen LogP contribution is -2.21. The molecule has 0 aliphatic heterocycles. The second kappa shape index (κ2) is 3.65. The van der Waals surface area contributed by atoms with Gasteiger partial charge in [-0.05, 0) is 24.6 Å². The van der Waals surface area contributed by atoms with Crippen LogP contribution in [0.4, 0.5) is 4.79 Å². The van der Waals surface area contributed by atoms with Crippen LogP contribution in [0.5, 0.6) is 5.75 Å². The Morgan fingerprint density at radius 2 is 2.27 bits per heavy atom. The number of hydrogen-bond donors (Lipinski definition) is 1. The molecule has 0 aliphatic rings. The summed E-state index contributed by atoms with van der Waals surface area (Å²) in [7, 11) is 1.51. The minimum absolute atomic E-state index is 0.469. The summed E-state index contributed by atoms with van der Waals surface area (Å²) in [4.78, 5) is 11.0. The molecule has 0 saturated heterocycles. The monoisotopic (exact) mass is 205 g/mol. The number of fused-ring (bicyclic) bond motifs is 1. The van der Waals surface area contributed by atoms with Crippen LogP contribution in [0.1, 0.15) is 5.56 Å². The number of hydrogen-bond acceptors (Lipinski definition) is 3. The van der Waals surface area contributed by atoms with Crippen molar-refractivity contribution in [2.75, 3.05) is 7.05 Å². The summed E-state index contributed by atoms with van der Waals surface area (Å²) in [5.41, 5.74) is 1.78. The quantitative estimate of drug-likeness (QED) is 0.778. The van der Waals surface area contributed by atoms with Crippen LogP contribution in [0.25, 0.3) is 11.0 Å². The van der Waals surface area contributed by atoms with E-state index in [1.807, 2.05) is 13.0 Å². The summed E-state index contributed by atoms with van der Waals surface area (Å²) in [5, 5.41) is 3.40. The van der Waals surface area contributed by atoms with E-state index in [0.29, 0.717) is 11.3 Å². The predicted molar refractivity (Wildman–Crippen MR) is 56.0 cm³/mol. The number of aryl methyl sites for hydroxylation is 1. The van der Waals surface area contributed by atoms with Crippen LogP contribution in [0.15, 0.2) is 28.9 Å². The minimum Gasteiger partial charge on any atom is -0.464 e. The molecule has 0 radical (unpaired) electrons. The van der Waals surface area contributed by atoms with Crippen LogP contribution < -0.4 is 10.1 Å². The fourth-order valence-corrected chi connectivity index (χ4v) is 1.36. The molecule has 0 spiro atoms. The van der Waals surface area contributed by atoms with Gasteiger partial charge >= 0.3 is 6.09 Å². The molecule has 1 aromatic heterocycles. The van der Waals surface area contributed by atoms with E-state index in [4.69, 9.17) is 9.15 Å². The Labute approximate surface area is 86.8 Å². The molecule has 0 saturated carbocycles. The first kappa shape index (κ1) is 9.58. The van der Waals surface area contributed by atoms with Crippen LogP contribution in [-0.2, 0) is 0 Å². The zero-order valence-corrected chi connectivity index (χ0v) is 8.53. The van der Waals surface area contributed by atoms with Crippen LogP contribution in [0.2, 0.25) is 0 Å². The van der Waals surface area contributed by atoms with E-state index in [0.717, 1.165) is 10.9 Å². The van der Waals surface area contributed by atoms with Crippen molar-refractivity contribution in [3.63, 3.8) is 0 Å². The van der Waals surface area contributed by atoms with Crippen molar-refractivity contribution in [2.24, 2.45) is 0 Å². The largest absolute Gasteiger partial charge is 0.464 e. The molecule has 1 aromatic carbocycles. The first-order chi connectivity index (χ1) is 7.20. The zero-order valence-electron chi connectivity index (χ0n) is 8.53. The Bertz CT molecular complexity index is 502. The molecule has 2 aromatic rings. The van der Waals surface area contributed by atoms with Crippen molar-refractivity contribution in [3.05, 3.63) is 30.0 Å². The van der Waals surface area contributed by atoms with E-state index >= 15 is 0 Å². The van der Waals surface area contributed by atoms with Gasteiger partial charge in [-0.25, -0.2) is 4.79 Å². The molecule has 78 valence electrons. The third kappa shape index (κ3) is 1.79. The molecule has 4 heteroatoms. The maximum Gasteiger partial charge on any atom is 0.412 e. The first-order valence-electron chi connectivity index (χ1n) is 4.58. The van der Waals surface area contributed by atoms with E-state index in [2.05, 4.69) is 5.32 Å². The highest BCUT2D eigenvalue weighted by Gasteiger charge is 2.06. The summed E-state index contributed by atoms with van der Waals surface area (Å²) in [6, 6.07) is 5.30. The van der Waals surface area contributed by atoms with Crippen LogP contribution in [0, 0.1) is 6.92 Å². The van der Waals surface area contributed by atoms with Gasteiger partial charge in [0.15, 0.2) is 0 Å². The van der Waals surface area contributed by atoms with E-state index in [1.54, 1.807) is 18.4 Å². The number of nitrogens with one attached hydrogen (secondary N) is 1. The average Bonchev–Trinajstić information content (AvgIpc) is 2.60. The molecule has 0 atom stereocenters. The Morgan fingerprint density at radius 1 is 1.47 bits per heavy atom. The van der Waals surface area contributed by atoms with Crippen molar-refractivity contribution in [1.29, 1.82) is 0 Å². The molecule has 0 aliphatic carbocycles. The van der Waals surface area contributed by atoms with Gasteiger partial charge in [0.05, 0.1) is 6.26 Å². The number of benzene rings is 1. The topological polar surface area (TPSA) is 51.5 Å². The summed E-state index contributed by atoms with van der Waals surface area (Å²) >= 11 is 0. The Morgan fingerprint density at radius 3 is 3.00 bits per heavy atom.